The first-order valence-corrected chi connectivity index (χ1v) is 3.84. The number of rotatable bonds is 4. The molecule has 0 amide bonds. The third-order valence-corrected chi connectivity index (χ3v) is 1.52. The number of hydrogen-bond donors (Lipinski definition) is 1. The van der Waals surface area contributed by atoms with Crippen LogP contribution in [0.5, 0.6) is 17.2 Å². The van der Waals surface area contributed by atoms with E-state index in [1.807, 2.05) is 0 Å². The summed E-state index contributed by atoms with van der Waals surface area (Å²) in [7, 11) is 1.44. The molecule has 1 aromatic rings. The van der Waals surface area contributed by atoms with E-state index in [4.69, 9.17) is 9.47 Å². The van der Waals surface area contributed by atoms with Crippen LogP contribution in [-0.4, -0.2) is 25.5 Å². The van der Waals surface area contributed by atoms with Crippen LogP contribution >= 0.6 is 0 Å². The summed E-state index contributed by atoms with van der Waals surface area (Å²) >= 11 is 0. The molecular formula is C9H11FO3. The molecule has 0 aromatic heterocycles. The van der Waals surface area contributed by atoms with Gasteiger partial charge in [0.25, 0.3) is 0 Å². The predicted octanol–water partition coefficient (Wildman–Crippen LogP) is 1.75. The molecule has 0 saturated carbocycles. The van der Waals surface area contributed by atoms with Crippen molar-refractivity contribution in [1.82, 2.24) is 0 Å². The van der Waals surface area contributed by atoms with Crippen molar-refractivity contribution in [2.24, 2.45) is 0 Å². The molecule has 0 unspecified atom stereocenters. The Kier molecular flexibility index (Phi) is 3.37. The molecule has 4 heteroatoms. The number of alkyl halides is 1. The topological polar surface area (TPSA) is 38.7 Å². The lowest BCUT2D eigenvalue weighted by atomic mass is 10.3. The highest BCUT2D eigenvalue weighted by atomic mass is 19.1. The Labute approximate surface area is 75.7 Å². The molecular weight excluding hydrogens is 175 g/mol. The van der Waals surface area contributed by atoms with Crippen LogP contribution in [0.2, 0.25) is 0 Å². The van der Waals surface area contributed by atoms with Crippen molar-refractivity contribution in [2.45, 2.75) is 0 Å². The van der Waals surface area contributed by atoms with Gasteiger partial charge in [-0.3, -0.25) is 0 Å². The lowest BCUT2D eigenvalue weighted by Gasteiger charge is -2.08. The van der Waals surface area contributed by atoms with Gasteiger partial charge >= 0.3 is 0 Å². The second-order valence-electron chi connectivity index (χ2n) is 2.34. The van der Waals surface area contributed by atoms with Crippen LogP contribution in [0.4, 0.5) is 4.39 Å². The Balaban J connectivity index is 2.81. The maximum absolute atomic E-state index is 11.8. The molecule has 0 heterocycles. The predicted molar refractivity (Wildman–Crippen MR) is 46.1 cm³/mol. The quantitative estimate of drug-likeness (QED) is 0.778. The Hall–Kier alpha value is -1.45. The van der Waals surface area contributed by atoms with E-state index in [1.165, 1.54) is 7.11 Å². The van der Waals surface area contributed by atoms with E-state index < -0.39 is 6.67 Å². The van der Waals surface area contributed by atoms with Crippen LogP contribution in [0.1, 0.15) is 0 Å². The summed E-state index contributed by atoms with van der Waals surface area (Å²) in [6.45, 7) is -0.655. The number of phenolic OH excluding ortho intramolecular Hbond substituents is 1. The molecule has 1 aromatic carbocycles. The first kappa shape index (κ1) is 9.64. The van der Waals surface area contributed by atoms with E-state index >= 15 is 0 Å². The van der Waals surface area contributed by atoms with Crippen LogP contribution in [0.25, 0.3) is 0 Å². The maximum atomic E-state index is 11.8. The molecule has 0 radical (unpaired) electrons. The molecule has 3 nitrogen and oxygen atoms in total. The first-order chi connectivity index (χ1) is 6.29. The molecule has 0 spiro atoms. The van der Waals surface area contributed by atoms with E-state index in [9.17, 15) is 9.50 Å². The molecule has 0 fully saturated rings. The van der Waals surface area contributed by atoms with Crippen molar-refractivity contribution in [2.75, 3.05) is 20.4 Å². The fourth-order valence-electron chi connectivity index (χ4n) is 0.932. The van der Waals surface area contributed by atoms with Crippen LogP contribution < -0.4 is 9.47 Å². The van der Waals surface area contributed by atoms with E-state index in [0.29, 0.717) is 5.75 Å². The zero-order valence-corrected chi connectivity index (χ0v) is 7.29. The van der Waals surface area contributed by atoms with E-state index in [-0.39, 0.29) is 18.1 Å². The number of phenols is 1. The summed E-state index contributed by atoms with van der Waals surface area (Å²) in [6, 6.07) is 4.80. The summed E-state index contributed by atoms with van der Waals surface area (Å²) < 4.78 is 21.5. The number of hydrogen-bond acceptors (Lipinski definition) is 3. The van der Waals surface area contributed by atoms with Gasteiger partial charge in [-0.05, 0) is 12.1 Å². The standard InChI is InChI=1S/C9H11FO3/c1-12-7-3-2-4-8(9(7)11)13-6-5-10/h2-4,11H,5-6H2,1H3. The fraction of sp³-hybridized carbons (Fsp3) is 0.333. The summed E-state index contributed by atoms with van der Waals surface area (Å²) in [6.07, 6.45) is 0. The highest BCUT2D eigenvalue weighted by molar-refractivity contribution is 5.49. The zero-order chi connectivity index (χ0) is 9.68. The summed E-state index contributed by atoms with van der Waals surface area (Å²) in [4.78, 5) is 0. The molecule has 72 valence electrons. The number of benzene rings is 1. The highest BCUT2D eigenvalue weighted by Gasteiger charge is 2.07. The van der Waals surface area contributed by atoms with Crippen LogP contribution in [0.3, 0.4) is 0 Å². The zero-order valence-electron chi connectivity index (χ0n) is 7.29. The van der Waals surface area contributed by atoms with Gasteiger partial charge < -0.3 is 14.6 Å². The summed E-state index contributed by atoms with van der Waals surface area (Å²) in [5, 5.41) is 9.44. The third-order valence-electron chi connectivity index (χ3n) is 1.52. The normalized spacial score (nSPS) is 9.69. The van der Waals surface area contributed by atoms with Crippen molar-refractivity contribution >= 4 is 0 Å². The molecule has 0 aliphatic rings. The summed E-state index contributed by atoms with van der Waals surface area (Å²) in [5.41, 5.74) is 0. The Morgan fingerprint density at radius 2 is 2.08 bits per heavy atom. The highest BCUT2D eigenvalue weighted by Crippen LogP contribution is 2.35. The van der Waals surface area contributed by atoms with Crippen molar-refractivity contribution in [3.63, 3.8) is 0 Å². The monoisotopic (exact) mass is 186 g/mol. The molecule has 13 heavy (non-hydrogen) atoms. The van der Waals surface area contributed by atoms with Gasteiger partial charge in [0.1, 0.15) is 13.3 Å². The smallest absolute Gasteiger partial charge is 0.200 e. The van der Waals surface area contributed by atoms with Gasteiger partial charge in [-0.2, -0.15) is 0 Å². The Morgan fingerprint density at radius 3 is 2.69 bits per heavy atom. The van der Waals surface area contributed by atoms with Gasteiger partial charge in [-0.15, -0.1) is 0 Å². The van der Waals surface area contributed by atoms with Gasteiger partial charge in [0.15, 0.2) is 11.5 Å². The number of methoxy groups -OCH3 is 1. The first-order valence-electron chi connectivity index (χ1n) is 3.84. The minimum absolute atomic E-state index is 0.0687. The maximum Gasteiger partial charge on any atom is 0.200 e. The molecule has 0 saturated heterocycles. The minimum atomic E-state index is -0.587. The van der Waals surface area contributed by atoms with Crippen LogP contribution in [-0.2, 0) is 0 Å². The molecule has 0 aliphatic heterocycles. The average molecular weight is 186 g/mol. The number of halogens is 1. The Bertz CT molecular complexity index is 276. The van der Waals surface area contributed by atoms with E-state index in [1.54, 1.807) is 18.2 Å². The van der Waals surface area contributed by atoms with Crippen molar-refractivity contribution < 1.29 is 19.0 Å². The van der Waals surface area contributed by atoms with Crippen molar-refractivity contribution in [3.8, 4) is 17.2 Å². The van der Waals surface area contributed by atoms with Gasteiger partial charge in [0.05, 0.1) is 7.11 Å². The van der Waals surface area contributed by atoms with Crippen LogP contribution in [0.15, 0.2) is 18.2 Å². The van der Waals surface area contributed by atoms with Gasteiger partial charge in [-0.25, -0.2) is 4.39 Å². The number of aromatic hydroxyl groups is 1. The second kappa shape index (κ2) is 4.54. The van der Waals surface area contributed by atoms with Gasteiger partial charge in [-0.1, -0.05) is 6.07 Å². The van der Waals surface area contributed by atoms with E-state index in [2.05, 4.69) is 0 Å². The molecule has 1 N–H and O–H groups in total. The Morgan fingerprint density at radius 1 is 1.38 bits per heavy atom. The largest absolute Gasteiger partial charge is 0.502 e. The molecule has 1 rings (SSSR count). The molecule has 0 bridgehead atoms. The molecule has 0 aliphatic carbocycles. The fourth-order valence-corrected chi connectivity index (χ4v) is 0.932. The van der Waals surface area contributed by atoms with E-state index in [0.717, 1.165) is 0 Å². The lowest BCUT2D eigenvalue weighted by molar-refractivity contribution is 0.258. The third kappa shape index (κ3) is 2.24. The van der Waals surface area contributed by atoms with Crippen molar-refractivity contribution in [3.05, 3.63) is 18.2 Å². The van der Waals surface area contributed by atoms with Gasteiger partial charge in [0.2, 0.25) is 5.75 Å². The summed E-state index contributed by atoms with van der Waals surface area (Å²) in [5.74, 6) is 0.451. The number of ether oxygens (including phenoxy) is 2. The van der Waals surface area contributed by atoms with Gasteiger partial charge in [0, 0.05) is 0 Å². The average Bonchev–Trinajstić information content (AvgIpc) is 2.16. The minimum Gasteiger partial charge on any atom is -0.502 e. The molecule has 0 atom stereocenters. The number of para-hydroxylation sites is 1. The lowest BCUT2D eigenvalue weighted by Crippen LogP contribution is -1.99. The SMILES string of the molecule is COc1cccc(OCCF)c1O. The second-order valence-corrected chi connectivity index (χ2v) is 2.34. The van der Waals surface area contributed by atoms with Crippen LogP contribution in [0, 0.1) is 0 Å². The van der Waals surface area contributed by atoms with Crippen molar-refractivity contribution in [1.29, 1.82) is 0 Å².